The van der Waals surface area contributed by atoms with Gasteiger partial charge in [0.2, 0.25) is 5.91 Å². The highest BCUT2D eigenvalue weighted by Crippen LogP contribution is 2.40. The van der Waals surface area contributed by atoms with Gasteiger partial charge in [0.25, 0.3) is 0 Å². The van der Waals surface area contributed by atoms with Crippen LogP contribution < -0.4 is 10.5 Å². The first-order valence-electron chi connectivity index (χ1n) is 12.4. The van der Waals surface area contributed by atoms with Crippen LogP contribution in [0.3, 0.4) is 0 Å². The number of amides is 1. The van der Waals surface area contributed by atoms with Gasteiger partial charge in [-0.2, -0.15) is 0 Å². The summed E-state index contributed by atoms with van der Waals surface area (Å²) < 4.78 is 6.26. The Balaban J connectivity index is 1.53. The second kappa shape index (κ2) is 10.1. The van der Waals surface area contributed by atoms with Gasteiger partial charge in [0.1, 0.15) is 17.6 Å². The van der Waals surface area contributed by atoms with E-state index in [2.05, 4.69) is 18.7 Å². The van der Waals surface area contributed by atoms with Crippen molar-refractivity contribution < 1.29 is 14.6 Å². The smallest absolute Gasteiger partial charge is 0.232 e. The second-order valence-corrected chi connectivity index (χ2v) is 10.2. The molecule has 4 rings (SSSR count). The van der Waals surface area contributed by atoms with Crippen LogP contribution in [0.25, 0.3) is 0 Å². The predicted molar refractivity (Wildman–Crippen MR) is 140 cm³/mol. The van der Waals surface area contributed by atoms with Gasteiger partial charge in [0.05, 0.1) is 5.41 Å². The zero-order valence-electron chi connectivity index (χ0n) is 20.9. The Kier molecular flexibility index (Phi) is 7.18. The fourth-order valence-electron chi connectivity index (χ4n) is 5.24. The Morgan fingerprint density at radius 1 is 0.971 bits per heavy atom. The lowest BCUT2D eigenvalue weighted by atomic mass is 9.69. The minimum Gasteiger partial charge on any atom is -0.508 e. The summed E-state index contributed by atoms with van der Waals surface area (Å²) in [7, 11) is 0. The summed E-state index contributed by atoms with van der Waals surface area (Å²) in [6.45, 7) is 8.05. The molecule has 0 saturated carbocycles. The zero-order valence-corrected chi connectivity index (χ0v) is 20.9. The maximum absolute atomic E-state index is 13.1. The number of likely N-dealkylation sites (tertiary alicyclic amines) is 1. The Bertz CT molecular complexity index is 1110. The van der Waals surface area contributed by atoms with Crippen LogP contribution in [-0.2, 0) is 10.2 Å². The summed E-state index contributed by atoms with van der Waals surface area (Å²) in [6, 6.07) is 25.2. The third kappa shape index (κ3) is 5.06. The average molecular weight is 473 g/mol. The summed E-state index contributed by atoms with van der Waals surface area (Å²) in [6.07, 6.45) is 2.37. The molecule has 1 saturated heterocycles. The van der Waals surface area contributed by atoms with Crippen LogP contribution in [0.1, 0.15) is 49.8 Å². The fraction of sp³-hybridized carbons (Fsp3) is 0.367. The van der Waals surface area contributed by atoms with Gasteiger partial charge in [0, 0.05) is 24.2 Å². The van der Waals surface area contributed by atoms with Gasteiger partial charge in [-0.05, 0) is 63.3 Å². The van der Waals surface area contributed by atoms with E-state index >= 15 is 0 Å². The lowest BCUT2D eigenvalue weighted by molar-refractivity contribution is -0.122. The van der Waals surface area contributed by atoms with Crippen molar-refractivity contribution in [3.8, 4) is 11.5 Å². The van der Waals surface area contributed by atoms with Crippen molar-refractivity contribution >= 4 is 5.91 Å². The molecule has 1 unspecified atom stereocenters. The summed E-state index contributed by atoms with van der Waals surface area (Å²) in [4.78, 5) is 15.6. The van der Waals surface area contributed by atoms with Gasteiger partial charge in [-0.25, -0.2) is 0 Å². The third-order valence-corrected chi connectivity index (χ3v) is 7.62. The minimum atomic E-state index is -0.895. The number of phenolic OH excluding ortho intramolecular Hbond substituents is 1. The largest absolute Gasteiger partial charge is 0.508 e. The first-order chi connectivity index (χ1) is 16.7. The van der Waals surface area contributed by atoms with Gasteiger partial charge < -0.3 is 15.6 Å². The highest BCUT2D eigenvalue weighted by atomic mass is 16.5. The number of primary amides is 1. The third-order valence-electron chi connectivity index (χ3n) is 7.62. The SMILES string of the molecule is Cc1c(O)cccc1OC1CCN(C(C)(C)CCC(C(N)=O)(c2ccccc2)c2ccccc2)C1. The number of benzene rings is 3. The van der Waals surface area contributed by atoms with Crippen molar-refractivity contribution in [1.82, 2.24) is 4.90 Å². The molecule has 3 aromatic carbocycles. The van der Waals surface area contributed by atoms with E-state index in [0.717, 1.165) is 48.4 Å². The fourth-order valence-corrected chi connectivity index (χ4v) is 5.24. The van der Waals surface area contributed by atoms with Gasteiger partial charge >= 0.3 is 0 Å². The van der Waals surface area contributed by atoms with Crippen molar-refractivity contribution in [3.05, 3.63) is 95.6 Å². The Hall–Kier alpha value is -3.31. The number of ether oxygens (including phenoxy) is 1. The van der Waals surface area contributed by atoms with E-state index < -0.39 is 5.41 Å². The highest BCUT2D eigenvalue weighted by molar-refractivity contribution is 5.90. The van der Waals surface area contributed by atoms with Crippen LogP contribution in [0.15, 0.2) is 78.9 Å². The summed E-state index contributed by atoms with van der Waals surface area (Å²) in [5.74, 6) is 0.658. The van der Waals surface area contributed by atoms with Gasteiger partial charge in [-0.1, -0.05) is 66.7 Å². The van der Waals surface area contributed by atoms with Crippen molar-refractivity contribution in [1.29, 1.82) is 0 Å². The van der Waals surface area contributed by atoms with E-state index in [-0.39, 0.29) is 23.3 Å². The van der Waals surface area contributed by atoms with Crippen molar-refractivity contribution in [2.75, 3.05) is 13.1 Å². The molecular weight excluding hydrogens is 436 g/mol. The van der Waals surface area contributed by atoms with Crippen LogP contribution in [0.5, 0.6) is 11.5 Å². The molecule has 0 radical (unpaired) electrons. The minimum absolute atomic E-state index is 0.0546. The highest BCUT2D eigenvalue weighted by Gasteiger charge is 2.43. The van der Waals surface area contributed by atoms with E-state index in [4.69, 9.17) is 10.5 Å². The molecule has 0 aromatic heterocycles. The van der Waals surface area contributed by atoms with Crippen LogP contribution in [0.2, 0.25) is 0 Å². The second-order valence-electron chi connectivity index (χ2n) is 10.2. The topological polar surface area (TPSA) is 75.8 Å². The number of carbonyl (C=O) groups excluding carboxylic acids is 1. The Morgan fingerprint density at radius 3 is 2.14 bits per heavy atom. The Labute approximate surface area is 208 Å². The summed E-state index contributed by atoms with van der Waals surface area (Å²) >= 11 is 0. The number of rotatable bonds is 9. The standard InChI is InChI=1S/C30H36N2O3/c1-22-26(33)15-10-16-27(22)35-25-17-20-32(21-25)29(2,3)18-19-30(28(31)34,23-11-6-4-7-12-23)24-13-8-5-9-14-24/h4-16,25,33H,17-21H2,1-3H3,(H2,31,34). The molecule has 1 aliphatic heterocycles. The predicted octanol–water partition coefficient (Wildman–Crippen LogP) is 5.18. The molecule has 1 amide bonds. The lowest BCUT2D eigenvalue weighted by Gasteiger charge is -2.40. The molecule has 1 fully saturated rings. The number of carbonyl (C=O) groups is 1. The number of phenols is 1. The molecule has 0 aliphatic carbocycles. The van der Waals surface area contributed by atoms with Gasteiger partial charge in [-0.15, -0.1) is 0 Å². The number of aromatic hydroxyl groups is 1. The number of hydrogen-bond acceptors (Lipinski definition) is 4. The van der Waals surface area contributed by atoms with Crippen molar-refractivity contribution in [2.24, 2.45) is 5.73 Å². The van der Waals surface area contributed by atoms with E-state index in [0.29, 0.717) is 6.42 Å². The number of nitrogens with two attached hydrogens (primary N) is 1. The zero-order chi connectivity index (χ0) is 25.1. The number of hydrogen-bond donors (Lipinski definition) is 2. The van der Waals surface area contributed by atoms with E-state index in [1.165, 1.54) is 0 Å². The molecule has 5 nitrogen and oxygen atoms in total. The molecule has 0 spiro atoms. The molecule has 1 atom stereocenters. The Morgan fingerprint density at radius 2 is 1.57 bits per heavy atom. The van der Waals surface area contributed by atoms with E-state index in [1.54, 1.807) is 6.07 Å². The van der Waals surface area contributed by atoms with Crippen molar-refractivity contribution in [3.63, 3.8) is 0 Å². The molecule has 5 heteroatoms. The molecule has 3 aromatic rings. The van der Waals surface area contributed by atoms with Crippen LogP contribution in [0.4, 0.5) is 0 Å². The van der Waals surface area contributed by atoms with E-state index in [9.17, 15) is 9.90 Å². The summed E-state index contributed by atoms with van der Waals surface area (Å²) in [5.41, 5.74) is 7.73. The first-order valence-corrected chi connectivity index (χ1v) is 12.4. The normalized spacial score (nSPS) is 16.8. The summed E-state index contributed by atoms with van der Waals surface area (Å²) in [5, 5.41) is 10.0. The van der Waals surface area contributed by atoms with Crippen molar-refractivity contribution in [2.45, 2.75) is 57.1 Å². The lowest BCUT2D eigenvalue weighted by Crippen LogP contribution is -2.47. The monoisotopic (exact) mass is 472 g/mol. The van der Waals surface area contributed by atoms with Crippen LogP contribution >= 0.6 is 0 Å². The average Bonchev–Trinajstić information content (AvgIpc) is 3.33. The molecule has 3 N–H and O–H groups in total. The van der Waals surface area contributed by atoms with Crippen LogP contribution in [0, 0.1) is 6.92 Å². The van der Waals surface area contributed by atoms with Crippen LogP contribution in [-0.4, -0.2) is 40.6 Å². The van der Waals surface area contributed by atoms with Gasteiger partial charge in [-0.3, -0.25) is 9.69 Å². The first kappa shape index (κ1) is 24.8. The molecule has 1 heterocycles. The molecule has 184 valence electrons. The van der Waals surface area contributed by atoms with Gasteiger partial charge in [0.15, 0.2) is 0 Å². The molecule has 1 aliphatic rings. The molecule has 0 bridgehead atoms. The molecule has 35 heavy (non-hydrogen) atoms. The quantitative estimate of drug-likeness (QED) is 0.450. The van der Waals surface area contributed by atoms with E-state index in [1.807, 2.05) is 79.7 Å². The maximum atomic E-state index is 13.1. The maximum Gasteiger partial charge on any atom is 0.232 e. The number of nitrogens with zero attached hydrogens (tertiary/aromatic N) is 1. The molecular formula is C30H36N2O3.